The number of fused-ring (bicyclic) bond motifs is 1. The predicted octanol–water partition coefficient (Wildman–Crippen LogP) is 1.74. The SMILES string of the molecule is CSCCC(NC(=O)Nc1ccc2c(c1)OCO2)C(=O)O. The summed E-state index contributed by atoms with van der Waals surface area (Å²) in [6, 6.07) is 3.49. The normalized spacial score (nSPS) is 13.6. The Morgan fingerprint density at radius 1 is 1.38 bits per heavy atom. The summed E-state index contributed by atoms with van der Waals surface area (Å²) in [5, 5.41) is 14.1. The molecule has 8 heteroatoms. The third kappa shape index (κ3) is 4.19. The van der Waals surface area contributed by atoms with Crippen LogP contribution in [0.25, 0.3) is 0 Å². The van der Waals surface area contributed by atoms with Crippen LogP contribution >= 0.6 is 11.8 Å². The molecule has 1 heterocycles. The van der Waals surface area contributed by atoms with Crippen LogP contribution in [0.2, 0.25) is 0 Å². The van der Waals surface area contributed by atoms with E-state index in [1.54, 1.807) is 18.2 Å². The van der Waals surface area contributed by atoms with E-state index in [4.69, 9.17) is 14.6 Å². The summed E-state index contributed by atoms with van der Waals surface area (Å²) >= 11 is 1.53. The molecule has 0 fully saturated rings. The van der Waals surface area contributed by atoms with Gasteiger partial charge in [0, 0.05) is 11.8 Å². The summed E-state index contributed by atoms with van der Waals surface area (Å²) in [5.41, 5.74) is 0.505. The standard InChI is InChI=1S/C13H16N2O5S/c1-21-5-4-9(12(16)17)15-13(18)14-8-2-3-10-11(6-8)20-7-19-10/h2-3,6,9H,4-5,7H2,1H3,(H,16,17)(H2,14,15,18). The summed E-state index contributed by atoms with van der Waals surface area (Å²) < 4.78 is 10.4. The van der Waals surface area contributed by atoms with Gasteiger partial charge >= 0.3 is 12.0 Å². The molecule has 0 saturated heterocycles. The van der Waals surface area contributed by atoms with Gasteiger partial charge in [0.15, 0.2) is 11.5 Å². The Morgan fingerprint density at radius 2 is 2.14 bits per heavy atom. The van der Waals surface area contributed by atoms with Gasteiger partial charge in [0.05, 0.1) is 0 Å². The molecule has 0 saturated carbocycles. The number of ether oxygens (including phenoxy) is 2. The molecule has 2 amide bonds. The molecule has 2 rings (SSSR count). The molecule has 1 atom stereocenters. The van der Waals surface area contributed by atoms with Crippen LogP contribution in [0.15, 0.2) is 18.2 Å². The monoisotopic (exact) mass is 312 g/mol. The van der Waals surface area contributed by atoms with Crippen LogP contribution in [0.1, 0.15) is 6.42 Å². The van der Waals surface area contributed by atoms with Crippen LogP contribution in [-0.4, -0.2) is 42.0 Å². The molecule has 1 aliphatic rings. The Balaban J connectivity index is 1.92. The number of thioether (sulfide) groups is 1. The van der Waals surface area contributed by atoms with Crippen molar-refractivity contribution >= 4 is 29.4 Å². The number of rotatable bonds is 6. The van der Waals surface area contributed by atoms with E-state index in [-0.39, 0.29) is 6.79 Å². The average molecular weight is 312 g/mol. The third-order valence-electron chi connectivity index (χ3n) is 2.84. The summed E-state index contributed by atoms with van der Waals surface area (Å²) in [5.74, 6) is 0.764. The third-order valence-corrected chi connectivity index (χ3v) is 3.49. The fourth-order valence-corrected chi connectivity index (χ4v) is 2.26. The quantitative estimate of drug-likeness (QED) is 0.740. The number of carboxylic acid groups (broad SMARTS) is 1. The van der Waals surface area contributed by atoms with Gasteiger partial charge < -0.3 is 25.2 Å². The van der Waals surface area contributed by atoms with Crippen molar-refractivity contribution in [1.29, 1.82) is 0 Å². The molecule has 0 bridgehead atoms. The molecular formula is C13H16N2O5S. The second-order valence-electron chi connectivity index (χ2n) is 4.34. The molecule has 0 aliphatic carbocycles. The topological polar surface area (TPSA) is 96.9 Å². The smallest absolute Gasteiger partial charge is 0.326 e. The summed E-state index contributed by atoms with van der Waals surface area (Å²) in [6.45, 7) is 0.154. The molecule has 114 valence electrons. The van der Waals surface area contributed by atoms with Crippen molar-refractivity contribution in [2.75, 3.05) is 24.1 Å². The zero-order valence-electron chi connectivity index (χ0n) is 11.4. The van der Waals surface area contributed by atoms with Crippen molar-refractivity contribution in [3.8, 4) is 11.5 Å². The highest BCUT2D eigenvalue weighted by atomic mass is 32.2. The van der Waals surface area contributed by atoms with Crippen LogP contribution < -0.4 is 20.1 Å². The second-order valence-corrected chi connectivity index (χ2v) is 5.32. The molecular weight excluding hydrogens is 296 g/mol. The average Bonchev–Trinajstić information content (AvgIpc) is 2.90. The minimum atomic E-state index is -1.05. The van der Waals surface area contributed by atoms with Crippen molar-refractivity contribution in [3.05, 3.63) is 18.2 Å². The van der Waals surface area contributed by atoms with Crippen molar-refractivity contribution in [2.24, 2.45) is 0 Å². The van der Waals surface area contributed by atoms with Gasteiger partial charge in [0.25, 0.3) is 0 Å². The van der Waals surface area contributed by atoms with Crippen LogP contribution in [-0.2, 0) is 4.79 Å². The number of benzene rings is 1. The first-order valence-electron chi connectivity index (χ1n) is 6.29. The highest BCUT2D eigenvalue weighted by Crippen LogP contribution is 2.34. The van der Waals surface area contributed by atoms with E-state index in [0.29, 0.717) is 29.4 Å². The van der Waals surface area contributed by atoms with Gasteiger partial charge in [-0.3, -0.25) is 0 Å². The van der Waals surface area contributed by atoms with Gasteiger partial charge in [-0.05, 0) is 30.6 Å². The van der Waals surface area contributed by atoms with Gasteiger partial charge in [0.1, 0.15) is 6.04 Å². The van der Waals surface area contributed by atoms with Crippen molar-refractivity contribution < 1.29 is 24.2 Å². The van der Waals surface area contributed by atoms with E-state index in [2.05, 4.69) is 10.6 Å². The lowest BCUT2D eigenvalue weighted by Gasteiger charge is -2.14. The Morgan fingerprint density at radius 3 is 2.86 bits per heavy atom. The summed E-state index contributed by atoms with van der Waals surface area (Å²) in [4.78, 5) is 22.9. The fourth-order valence-electron chi connectivity index (χ4n) is 1.79. The maximum Gasteiger partial charge on any atom is 0.326 e. The molecule has 1 aromatic carbocycles. The van der Waals surface area contributed by atoms with Gasteiger partial charge in [-0.25, -0.2) is 9.59 Å². The molecule has 3 N–H and O–H groups in total. The lowest BCUT2D eigenvalue weighted by Crippen LogP contribution is -2.43. The number of hydrogen-bond acceptors (Lipinski definition) is 5. The van der Waals surface area contributed by atoms with Gasteiger partial charge in [-0.1, -0.05) is 0 Å². The minimum Gasteiger partial charge on any atom is -0.480 e. The first kappa shape index (κ1) is 15.3. The molecule has 0 spiro atoms. The Bertz CT molecular complexity index is 537. The molecule has 0 radical (unpaired) electrons. The zero-order valence-corrected chi connectivity index (χ0v) is 12.2. The van der Waals surface area contributed by atoms with Crippen LogP contribution in [0.3, 0.4) is 0 Å². The number of carbonyl (C=O) groups excluding carboxylic acids is 1. The molecule has 0 aromatic heterocycles. The van der Waals surface area contributed by atoms with Crippen LogP contribution in [0.5, 0.6) is 11.5 Å². The first-order valence-corrected chi connectivity index (χ1v) is 7.68. The van der Waals surface area contributed by atoms with E-state index in [9.17, 15) is 9.59 Å². The molecule has 1 unspecified atom stereocenters. The number of aliphatic carboxylic acids is 1. The fraction of sp³-hybridized carbons (Fsp3) is 0.385. The highest BCUT2D eigenvalue weighted by molar-refractivity contribution is 7.98. The molecule has 21 heavy (non-hydrogen) atoms. The van der Waals surface area contributed by atoms with Gasteiger partial charge in [-0.2, -0.15) is 11.8 Å². The number of urea groups is 1. The van der Waals surface area contributed by atoms with Crippen LogP contribution in [0, 0.1) is 0 Å². The number of carboxylic acids is 1. The highest BCUT2D eigenvalue weighted by Gasteiger charge is 2.20. The number of amides is 2. The number of carbonyl (C=O) groups is 2. The predicted molar refractivity (Wildman–Crippen MR) is 79.1 cm³/mol. The lowest BCUT2D eigenvalue weighted by atomic mass is 10.2. The number of hydrogen-bond donors (Lipinski definition) is 3. The Hall–Kier alpha value is -2.09. The Kier molecular flexibility index (Phi) is 5.15. The van der Waals surface area contributed by atoms with Gasteiger partial charge in [-0.15, -0.1) is 0 Å². The van der Waals surface area contributed by atoms with E-state index in [1.165, 1.54) is 11.8 Å². The van der Waals surface area contributed by atoms with E-state index < -0.39 is 18.0 Å². The zero-order chi connectivity index (χ0) is 15.2. The van der Waals surface area contributed by atoms with E-state index in [1.807, 2.05) is 6.26 Å². The van der Waals surface area contributed by atoms with Crippen molar-refractivity contribution in [1.82, 2.24) is 5.32 Å². The van der Waals surface area contributed by atoms with Crippen LogP contribution in [0.4, 0.5) is 10.5 Å². The number of anilines is 1. The van der Waals surface area contributed by atoms with E-state index in [0.717, 1.165) is 0 Å². The molecule has 7 nitrogen and oxygen atoms in total. The maximum absolute atomic E-state index is 11.8. The number of nitrogens with one attached hydrogen (secondary N) is 2. The Labute approximate surface area is 126 Å². The summed E-state index contributed by atoms with van der Waals surface area (Å²) in [6.07, 6.45) is 2.25. The summed E-state index contributed by atoms with van der Waals surface area (Å²) in [7, 11) is 0. The van der Waals surface area contributed by atoms with Gasteiger partial charge in [0.2, 0.25) is 6.79 Å². The molecule has 1 aliphatic heterocycles. The minimum absolute atomic E-state index is 0.154. The second kappa shape index (κ2) is 7.07. The first-order chi connectivity index (χ1) is 10.1. The van der Waals surface area contributed by atoms with Crippen molar-refractivity contribution in [2.45, 2.75) is 12.5 Å². The maximum atomic E-state index is 11.8. The van der Waals surface area contributed by atoms with E-state index >= 15 is 0 Å². The molecule has 1 aromatic rings. The van der Waals surface area contributed by atoms with Crippen molar-refractivity contribution in [3.63, 3.8) is 0 Å². The largest absolute Gasteiger partial charge is 0.480 e. The lowest BCUT2D eigenvalue weighted by molar-refractivity contribution is -0.139.